The van der Waals surface area contributed by atoms with Gasteiger partial charge in [-0.3, -0.25) is 0 Å². The van der Waals surface area contributed by atoms with E-state index in [9.17, 15) is 4.39 Å². The highest BCUT2D eigenvalue weighted by atomic mass is 19.1. The number of rotatable bonds is 3. The van der Waals surface area contributed by atoms with Gasteiger partial charge in [0.05, 0.1) is 17.8 Å². The van der Waals surface area contributed by atoms with Crippen molar-refractivity contribution in [2.24, 2.45) is 0 Å². The van der Waals surface area contributed by atoms with Crippen molar-refractivity contribution < 1.29 is 9.02 Å². The molecule has 0 radical (unpaired) electrons. The van der Waals surface area contributed by atoms with Gasteiger partial charge in [0.1, 0.15) is 17.7 Å². The zero-order valence-electron chi connectivity index (χ0n) is 11.7. The van der Waals surface area contributed by atoms with Gasteiger partial charge in [0.15, 0.2) is 17.3 Å². The standard InChI is InChI=1S/C14H10FN7O/c15-9-2-1-3-10-12(9)22(6-8-4-5-17-7-18-8)14(19-10)11-13(16)21-23-20-11/h1-5,7H,6H2,(H2,16,21). The molecule has 0 saturated carbocycles. The number of fused-ring (bicyclic) bond motifs is 1. The number of nitrogens with zero attached hydrogens (tertiary/aromatic N) is 6. The van der Waals surface area contributed by atoms with Crippen molar-refractivity contribution in [3.63, 3.8) is 0 Å². The van der Waals surface area contributed by atoms with Crippen molar-refractivity contribution in [1.82, 2.24) is 29.8 Å². The predicted molar refractivity (Wildman–Crippen MR) is 78.5 cm³/mol. The summed E-state index contributed by atoms with van der Waals surface area (Å²) >= 11 is 0. The number of nitrogen functional groups attached to an aromatic ring is 1. The molecular formula is C14H10FN7O. The van der Waals surface area contributed by atoms with E-state index >= 15 is 0 Å². The van der Waals surface area contributed by atoms with Crippen molar-refractivity contribution in [3.05, 3.63) is 48.3 Å². The minimum absolute atomic E-state index is 0.0876. The summed E-state index contributed by atoms with van der Waals surface area (Å²) in [6.45, 7) is 0.279. The van der Waals surface area contributed by atoms with E-state index in [4.69, 9.17) is 5.73 Å². The smallest absolute Gasteiger partial charge is 0.199 e. The maximum atomic E-state index is 14.3. The van der Waals surface area contributed by atoms with Gasteiger partial charge in [-0.25, -0.2) is 24.0 Å². The summed E-state index contributed by atoms with van der Waals surface area (Å²) in [6, 6.07) is 6.41. The Morgan fingerprint density at radius 2 is 2.13 bits per heavy atom. The molecule has 0 bridgehead atoms. The number of halogens is 1. The quantitative estimate of drug-likeness (QED) is 0.612. The Balaban J connectivity index is 1.97. The first-order valence-electron chi connectivity index (χ1n) is 6.72. The molecule has 0 atom stereocenters. The molecule has 0 spiro atoms. The van der Waals surface area contributed by atoms with Crippen LogP contribution in [0.4, 0.5) is 10.2 Å². The van der Waals surface area contributed by atoms with Crippen LogP contribution < -0.4 is 5.73 Å². The van der Waals surface area contributed by atoms with Gasteiger partial charge < -0.3 is 10.3 Å². The number of nitrogens with two attached hydrogens (primary N) is 1. The lowest BCUT2D eigenvalue weighted by Crippen LogP contribution is -2.06. The SMILES string of the molecule is Nc1nonc1-c1nc2cccc(F)c2n1Cc1ccncn1. The second-order valence-electron chi connectivity index (χ2n) is 4.83. The van der Waals surface area contributed by atoms with E-state index < -0.39 is 5.82 Å². The van der Waals surface area contributed by atoms with Crippen molar-refractivity contribution in [2.45, 2.75) is 6.54 Å². The molecule has 0 aliphatic rings. The van der Waals surface area contributed by atoms with E-state index in [0.29, 0.717) is 22.6 Å². The van der Waals surface area contributed by atoms with Crippen LogP contribution in [-0.4, -0.2) is 29.8 Å². The molecule has 0 amide bonds. The van der Waals surface area contributed by atoms with E-state index in [1.165, 1.54) is 12.4 Å². The number of hydrogen-bond acceptors (Lipinski definition) is 7. The second-order valence-corrected chi connectivity index (χ2v) is 4.83. The first kappa shape index (κ1) is 13.3. The third-order valence-corrected chi connectivity index (χ3v) is 3.41. The third-order valence-electron chi connectivity index (χ3n) is 3.41. The van der Waals surface area contributed by atoms with Crippen molar-refractivity contribution in [3.8, 4) is 11.5 Å². The van der Waals surface area contributed by atoms with E-state index in [1.54, 1.807) is 29.0 Å². The molecule has 2 N–H and O–H groups in total. The monoisotopic (exact) mass is 311 g/mol. The second kappa shape index (κ2) is 5.13. The van der Waals surface area contributed by atoms with Crippen LogP contribution in [0.3, 0.4) is 0 Å². The summed E-state index contributed by atoms with van der Waals surface area (Å²) in [5, 5.41) is 7.32. The molecule has 4 rings (SSSR count). The molecule has 9 heteroatoms. The normalized spacial score (nSPS) is 11.2. The highest BCUT2D eigenvalue weighted by molar-refractivity contribution is 5.82. The van der Waals surface area contributed by atoms with Crippen molar-refractivity contribution in [1.29, 1.82) is 0 Å². The lowest BCUT2D eigenvalue weighted by molar-refractivity contribution is 0.310. The number of imidazole rings is 1. The van der Waals surface area contributed by atoms with Crippen LogP contribution >= 0.6 is 0 Å². The summed E-state index contributed by atoms with van der Waals surface area (Å²) < 4.78 is 20.6. The number of benzene rings is 1. The topological polar surface area (TPSA) is 109 Å². The average Bonchev–Trinajstić information content (AvgIpc) is 3.13. The number of anilines is 1. The van der Waals surface area contributed by atoms with Crippen LogP contribution in [0.15, 0.2) is 41.4 Å². The minimum Gasteiger partial charge on any atom is -0.379 e. The van der Waals surface area contributed by atoms with Crippen LogP contribution in [0.5, 0.6) is 0 Å². The Hall–Kier alpha value is -3.36. The first-order chi connectivity index (χ1) is 11.2. The molecule has 3 aromatic heterocycles. The largest absolute Gasteiger partial charge is 0.379 e. The van der Waals surface area contributed by atoms with Crippen LogP contribution in [0.2, 0.25) is 0 Å². The zero-order valence-corrected chi connectivity index (χ0v) is 11.7. The first-order valence-corrected chi connectivity index (χ1v) is 6.72. The number of aromatic nitrogens is 6. The van der Waals surface area contributed by atoms with E-state index in [-0.39, 0.29) is 18.1 Å². The van der Waals surface area contributed by atoms with Gasteiger partial charge >= 0.3 is 0 Å². The number of hydrogen-bond donors (Lipinski definition) is 1. The predicted octanol–water partition coefficient (Wildman–Crippen LogP) is 1.65. The molecule has 0 unspecified atom stereocenters. The molecule has 0 aliphatic heterocycles. The van der Waals surface area contributed by atoms with Gasteiger partial charge in [-0.2, -0.15) is 0 Å². The average molecular weight is 311 g/mol. The van der Waals surface area contributed by atoms with Crippen molar-refractivity contribution in [2.75, 3.05) is 5.73 Å². The van der Waals surface area contributed by atoms with Crippen LogP contribution in [0.1, 0.15) is 5.69 Å². The lowest BCUT2D eigenvalue weighted by atomic mass is 10.3. The van der Waals surface area contributed by atoms with Gasteiger partial charge in [0, 0.05) is 6.20 Å². The van der Waals surface area contributed by atoms with E-state index in [2.05, 4.69) is 29.9 Å². The Morgan fingerprint density at radius 3 is 2.87 bits per heavy atom. The Bertz CT molecular complexity index is 979. The molecule has 0 aliphatic carbocycles. The van der Waals surface area contributed by atoms with Crippen LogP contribution in [0.25, 0.3) is 22.6 Å². The lowest BCUT2D eigenvalue weighted by Gasteiger charge is -2.07. The van der Waals surface area contributed by atoms with Crippen LogP contribution in [0, 0.1) is 5.82 Å². The molecule has 114 valence electrons. The summed E-state index contributed by atoms with van der Waals surface area (Å²) in [5.74, 6) is 0.0532. The molecular weight excluding hydrogens is 301 g/mol. The summed E-state index contributed by atoms with van der Waals surface area (Å²) in [6.07, 6.45) is 3.04. The third kappa shape index (κ3) is 2.18. The van der Waals surface area contributed by atoms with Crippen LogP contribution in [-0.2, 0) is 6.54 Å². The maximum absolute atomic E-state index is 14.3. The molecule has 0 fully saturated rings. The molecule has 0 saturated heterocycles. The Labute approximate surface area is 128 Å². The highest BCUT2D eigenvalue weighted by Gasteiger charge is 2.21. The summed E-state index contributed by atoms with van der Waals surface area (Å²) in [7, 11) is 0. The minimum atomic E-state index is -0.398. The number of para-hydroxylation sites is 1. The molecule has 1 aromatic carbocycles. The molecule has 8 nitrogen and oxygen atoms in total. The van der Waals surface area contributed by atoms with E-state index in [1.807, 2.05) is 0 Å². The highest BCUT2D eigenvalue weighted by Crippen LogP contribution is 2.28. The van der Waals surface area contributed by atoms with E-state index in [0.717, 1.165) is 0 Å². The summed E-state index contributed by atoms with van der Waals surface area (Å²) in [4.78, 5) is 12.4. The van der Waals surface area contributed by atoms with Gasteiger partial charge in [0.2, 0.25) is 0 Å². The molecule has 4 aromatic rings. The molecule has 23 heavy (non-hydrogen) atoms. The molecule has 3 heterocycles. The van der Waals surface area contributed by atoms with Gasteiger partial charge in [-0.1, -0.05) is 6.07 Å². The Kier molecular flexibility index (Phi) is 2.97. The fourth-order valence-corrected chi connectivity index (χ4v) is 2.40. The van der Waals surface area contributed by atoms with Gasteiger partial charge in [-0.05, 0) is 28.5 Å². The van der Waals surface area contributed by atoms with Gasteiger partial charge in [-0.15, -0.1) is 0 Å². The summed E-state index contributed by atoms with van der Waals surface area (Å²) in [5.41, 5.74) is 7.53. The maximum Gasteiger partial charge on any atom is 0.199 e. The van der Waals surface area contributed by atoms with Gasteiger partial charge in [0.25, 0.3) is 0 Å². The van der Waals surface area contributed by atoms with Crippen molar-refractivity contribution >= 4 is 16.9 Å². The fourth-order valence-electron chi connectivity index (χ4n) is 2.40. The fraction of sp³-hybridized carbons (Fsp3) is 0.0714. The zero-order chi connectivity index (χ0) is 15.8. The Morgan fingerprint density at radius 1 is 1.22 bits per heavy atom.